The molecule has 0 N–H and O–H groups in total. The molecule has 2 aromatic heterocycles. The van der Waals surface area contributed by atoms with Crippen molar-refractivity contribution in [2.45, 2.75) is 25.3 Å². The van der Waals surface area contributed by atoms with Gasteiger partial charge in [-0.05, 0) is 43.7 Å². The quantitative estimate of drug-likeness (QED) is 0.395. The summed E-state index contributed by atoms with van der Waals surface area (Å²) in [6.07, 6.45) is 1.67. The number of pyridine rings is 1. The van der Waals surface area contributed by atoms with Crippen LogP contribution in [-0.4, -0.2) is 30.6 Å². The highest BCUT2D eigenvalue weighted by molar-refractivity contribution is 7.92. The average molecular weight is 450 g/mol. The minimum absolute atomic E-state index is 0.00728. The van der Waals surface area contributed by atoms with Crippen LogP contribution in [0.25, 0.3) is 5.52 Å². The fourth-order valence-electron chi connectivity index (χ4n) is 3.42. The van der Waals surface area contributed by atoms with Crippen LogP contribution in [0.3, 0.4) is 0 Å². The van der Waals surface area contributed by atoms with Gasteiger partial charge in [0.15, 0.2) is 5.82 Å². The van der Waals surface area contributed by atoms with Gasteiger partial charge in [0, 0.05) is 6.20 Å². The molecule has 32 heavy (non-hydrogen) atoms. The number of sulfonamides is 1. The molecule has 4 rings (SSSR count). The molecular weight excluding hydrogens is 426 g/mol. The van der Waals surface area contributed by atoms with Crippen LogP contribution in [0.15, 0.2) is 83.9 Å². The third kappa shape index (κ3) is 4.09. The van der Waals surface area contributed by atoms with Gasteiger partial charge in [0.25, 0.3) is 10.0 Å². The first-order valence-electron chi connectivity index (χ1n) is 10.2. The Hall–Kier alpha value is -3.65. The maximum Gasteiger partial charge on any atom is 0.344 e. The van der Waals surface area contributed by atoms with E-state index in [1.165, 1.54) is 8.82 Å². The Kier molecular flexibility index (Phi) is 5.96. The van der Waals surface area contributed by atoms with Gasteiger partial charge in [0.1, 0.15) is 5.56 Å². The summed E-state index contributed by atoms with van der Waals surface area (Å²) in [4.78, 5) is 13.0. The molecule has 0 spiro atoms. The predicted molar refractivity (Wildman–Crippen MR) is 122 cm³/mol. The van der Waals surface area contributed by atoms with E-state index in [2.05, 4.69) is 5.10 Å². The number of benzene rings is 2. The topological polar surface area (TPSA) is 81.0 Å². The van der Waals surface area contributed by atoms with Crippen molar-refractivity contribution >= 4 is 27.3 Å². The fraction of sp³-hybridized carbons (Fsp3) is 0.167. The largest absolute Gasteiger partial charge is 0.462 e. The molecule has 2 heterocycles. The number of hydrogen-bond donors (Lipinski definition) is 0. The number of carbonyl (C=O) groups is 1. The van der Waals surface area contributed by atoms with Gasteiger partial charge in [-0.25, -0.2) is 22.0 Å². The highest BCUT2D eigenvalue weighted by Crippen LogP contribution is 2.31. The van der Waals surface area contributed by atoms with Gasteiger partial charge in [0.2, 0.25) is 0 Å². The van der Waals surface area contributed by atoms with Crippen molar-refractivity contribution in [2.24, 2.45) is 0 Å². The number of nitrogens with zero attached hydrogens (tertiary/aromatic N) is 3. The van der Waals surface area contributed by atoms with Gasteiger partial charge in [-0.1, -0.05) is 54.1 Å². The Morgan fingerprint density at radius 2 is 1.69 bits per heavy atom. The predicted octanol–water partition coefficient (Wildman–Crippen LogP) is 4.21. The number of ether oxygens (including phenoxy) is 1. The second-order valence-corrected chi connectivity index (χ2v) is 9.12. The van der Waals surface area contributed by atoms with E-state index >= 15 is 0 Å². The fourth-order valence-corrected chi connectivity index (χ4v) is 4.83. The van der Waals surface area contributed by atoms with Gasteiger partial charge in [-0.2, -0.15) is 0 Å². The number of esters is 1. The highest BCUT2D eigenvalue weighted by Gasteiger charge is 2.33. The number of fused-ring (bicyclic) bond motifs is 1. The number of carbonyl (C=O) groups excluding carboxylic acids is 1. The normalized spacial score (nSPS) is 11.4. The van der Waals surface area contributed by atoms with Crippen molar-refractivity contribution in [3.05, 3.63) is 95.7 Å². The van der Waals surface area contributed by atoms with Crippen LogP contribution in [0.2, 0.25) is 0 Å². The van der Waals surface area contributed by atoms with Crippen LogP contribution in [0.4, 0.5) is 5.82 Å². The van der Waals surface area contributed by atoms with Crippen LogP contribution in [-0.2, 0) is 21.3 Å². The number of hydrogen-bond acceptors (Lipinski definition) is 5. The SMILES string of the molecule is CCOC(=O)c1c(N(Cc2ccccc2)S(=O)(=O)c2ccc(C)cc2)nn2ccccc12. The number of rotatable bonds is 7. The molecular formula is C24H23N3O4S. The lowest BCUT2D eigenvalue weighted by Gasteiger charge is -2.23. The summed E-state index contributed by atoms with van der Waals surface area (Å²) in [6.45, 7) is 3.76. The Balaban J connectivity index is 1.94. The number of aryl methyl sites for hydroxylation is 1. The van der Waals surface area contributed by atoms with E-state index in [-0.39, 0.29) is 29.4 Å². The molecule has 0 aliphatic heterocycles. The Morgan fingerprint density at radius 3 is 2.38 bits per heavy atom. The Bertz CT molecular complexity index is 1350. The second kappa shape index (κ2) is 8.84. The third-order valence-electron chi connectivity index (χ3n) is 5.02. The standard InChI is InChI=1S/C24H23N3O4S/c1-3-31-24(28)22-21-11-7-8-16-26(21)25-23(22)27(17-19-9-5-4-6-10-19)32(29,30)20-14-12-18(2)13-15-20/h4-16H,3,17H2,1-2H3. The first kappa shape index (κ1) is 21.6. The van der Waals surface area contributed by atoms with Crippen molar-refractivity contribution < 1.29 is 17.9 Å². The number of anilines is 1. The molecule has 0 fully saturated rings. The van der Waals surface area contributed by atoms with Crippen LogP contribution < -0.4 is 4.31 Å². The van der Waals surface area contributed by atoms with Gasteiger partial charge in [-0.3, -0.25) is 0 Å². The summed E-state index contributed by atoms with van der Waals surface area (Å²) in [7, 11) is -4.04. The van der Waals surface area contributed by atoms with E-state index in [4.69, 9.17) is 4.74 Å². The summed E-state index contributed by atoms with van der Waals surface area (Å²) >= 11 is 0. The lowest BCUT2D eigenvalue weighted by Crippen LogP contribution is -2.32. The lowest BCUT2D eigenvalue weighted by molar-refractivity contribution is 0.0529. The number of aromatic nitrogens is 2. The molecule has 2 aromatic carbocycles. The first-order chi connectivity index (χ1) is 15.4. The summed E-state index contributed by atoms with van der Waals surface area (Å²) in [5.74, 6) is -0.597. The van der Waals surface area contributed by atoms with E-state index in [9.17, 15) is 13.2 Å². The smallest absolute Gasteiger partial charge is 0.344 e. The molecule has 0 aliphatic rings. The van der Waals surface area contributed by atoms with Crippen molar-refractivity contribution in [3.8, 4) is 0 Å². The highest BCUT2D eigenvalue weighted by atomic mass is 32.2. The van der Waals surface area contributed by atoms with Crippen molar-refractivity contribution in [3.63, 3.8) is 0 Å². The molecule has 0 saturated carbocycles. The molecule has 8 heteroatoms. The zero-order valence-corrected chi connectivity index (χ0v) is 18.6. The summed E-state index contributed by atoms with van der Waals surface area (Å²) in [6, 6.07) is 21.0. The molecule has 7 nitrogen and oxygen atoms in total. The van der Waals surface area contributed by atoms with Crippen molar-refractivity contribution in [2.75, 3.05) is 10.9 Å². The van der Waals surface area contributed by atoms with Crippen molar-refractivity contribution in [1.29, 1.82) is 0 Å². The van der Waals surface area contributed by atoms with Crippen LogP contribution in [0, 0.1) is 6.92 Å². The lowest BCUT2D eigenvalue weighted by atomic mass is 10.2. The minimum Gasteiger partial charge on any atom is -0.462 e. The molecule has 0 atom stereocenters. The molecule has 4 aromatic rings. The molecule has 164 valence electrons. The summed E-state index contributed by atoms with van der Waals surface area (Å²) < 4.78 is 35.5. The van der Waals surface area contributed by atoms with Gasteiger partial charge < -0.3 is 4.74 Å². The Labute approximate surface area is 186 Å². The second-order valence-electron chi connectivity index (χ2n) is 7.26. The zero-order chi connectivity index (χ0) is 22.7. The van der Waals surface area contributed by atoms with Gasteiger partial charge in [-0.15, -0.1) is 5.10 Å². The van der Waals surface area contributed by atoms with Gasteiger partial charge in [0.05, 0.1) is 23.6 Å². The first-order valence-corrected chi connectivity index (χ1v) is 11.6. The minimum atomic E-state index is -4.04. The zero-order valence-electron chi connectivity index (χ0n) is 17.8. The molecule has 0 unspecified atom stereocenters. The van der Waals surface area contributed by atoms with E-state index in [0.29, 0.717) is 5.52 Å². The average Bonchev–Trinajstić information content (AvgIpc) is 3.17. The maximum atomic E-state index is 13.8. The molecule has 0 amide bonds. The van der Waals surface area contributed by atoms with Crippen LogP contribution in [0.1, 0.15) is 28.4 Å². The van der Waals surface area contributed by atoms with Crippen LogP contribution in [0.5, 0.6) is 0 Å². The van der Waals surface area contributed by atoms with Gasteiger partial charge >= 0.3 is 5.97 Å². The summed E-state index contributed by atoms with van der Waals surface area (Å²) in [5.41, 5.74) is 2.28. The molecule has 0 radical (unpaired) electrons. The molecule has 0 saturated heterocycles. The molecule has 0 aliphatic carbocycles. The van der Waals surface area contributed by atoms with Crippen LogP contribution >= 0.6 is 0 Å². The van der Waals surface area contributed by atoms with E-state index in [1.807, 2.05) is 37.3 Å². The van der Waals surface area contributed by atoms with E-state index in [1.54, 1.807) is 55.6 Å². The summed E-state index contributed by atoms with van der Waals surface area (Å²) in [5, 5.41) is 4.48. The maximum absolute atomic E-state index is 13.8. The van der Waals surface area contributed by atoms with E-state index in [0.717, 1.165) is 11.1 Å². The third-order valence-corrected chi connectivity index (χ3v) is 6.77. The molecule has 0 bridgehead atoms. The van der Waals surface area contributed by atoms with E-state index < -0.39 is 16.0 Å². The monoisotopic (exact) mass is 449 g/mol. The Morgan fingerprint density at radius 1 is 1.00 bits per heavy atom. The van der Waals surface area contributed by atoms with Crippen molar-refractivity contribution in [1.82, 2.24) is 9.61 Å².